The molecule has 0 bridgehead atoms. The van der Waals surface area contributed by atoms with Crippen LogP contribution in [0, 0.1) is 6.57 Å². The number of oxime groups is 1. The van der Waals surface area contributed by atoms with Crippen LogP contribution in [-0.2, 0) is 0 Å². The lowest BCUT2D eigenvalue weighted by atomic mass is 11.3. The second-order valence-corrected chi connectivity index (χ2v) is 0.819. The topological polar surface area (TPSA) is 37.0 Å². The smallest absolute Gasteiger partial charge is 0.347 e. The monoisotopic (exact) mass is 104 g/mol. The summed E-state index contributed by atoms with van der Waals surface area (Å²) in [6.07, 6.45) is 0. The van der Waals surface area contributed by atoms with Gasteiger partial charge in [-0.05, 0) is 0 Å². The molecule has 0 aliphatic rings. The second-order valence-electron chi connectivity index (χ2n) is 0.481. The molecule has 0 aromatic heterocycles. The molecule has 1 N–H and O–H groups in total. The summed E-state index contributed by atoms with van der Waals surface area (Å²) in [5, 5.41) is 9.45. The van der Waals surface area contributed by atoms with Gasteiger partial charge >= 0.3 is 5.29 Å². The second kappa shape index (κ2) is 2.49. The minimum absolute atomic E-state index is 0.463. The van der Waals surface area contributed by atoms with Crippen molar-refractivity contribution in [2.45, 2.75) is 0 Å². The van der Waals surface area contributed by atoms with E-state index in [0.29, 0.717) is 0 Å². The predicted molar refractivity (Wildman–Crippen MR) is 21.7 cm³/mol. The molecule has 32 valence electrons. The number of hydrogen-bond acceptors (Lipinski definition) is 2. The Hall–Kier alpha value is -0.750. The van der Waals surface area contributed by atoms with Gasteiger partial charge in [0.05, 0.1) is 5.16 Å². The Morgan fingerprint density at radius 3 is 2.50 bits per heavy atom. The molecular weight excluding hydrogens is 103 g/mol. The first-order valence-corrected chi connectivity index (χ1v) is 1.44. The molecule has 0 radical (unpaired) electrons. The van der Waals surface area contributed by atoms with E-state index in [0.717, 1.165) is 0 Å². The predicted octanol–water partition coefficient (Wildman–Crippen LogP) is 0.890. The van der Waals surface area contributed by atoms with Crippen molar-refractivity contribution in [3.63, 3.8) is 0 Å². The van der Waals surface area contributed by atoms with E-state index in [2.05, 4.69) is 10.0 Å². The van der Waals surface area contributed by atoms with Gasteiger partial charge < -0.3 is 10.1 Å². The van der Waals surface area contributed by atoms with Gasteiger partial charge in [0.15, 0.2) is 0 Å². The fraction of sp³-hybridized carbons (Fsp3) is 0. The summed E-state index contributed by atoms with van der Waals surface area (Å²) in [6, 6.07) is 0. The summed E-state index contributed by atoms with van der Waals surface area (Å²) in [5.41, 5.74) is 0. The van der Waals surface area contributed by atoms with Crippen molar-refractivity contribution in [3.8, 4) is 0 Å². The third-order valence-electron chi connectivity index (χ3n) is 0.175. The molecule has 0 saturated carbocycles. The highest BCUT2D eigenvalue weighted by atomic mass is 35.5. The zero-order chi connectivity index (χ0) is 4.99. The summed E-state index contributed by atoms with van der Waals surface area (Å²) in [7, 11) is 0. The summed E-state index contributed by atoms with van der Waals surface area (Å²) >= 11 is 4.80. The molecular formula is C2HClN2O. The van der Waals surface area contributed by atoms with Crippen LogP contribution in [0.5, 0.6) is 0 Å². The quantitative estimate of drug-likeness (QED) is 0.122. The lowest BCUT2D eigenvalue weighted by Crippen LogP contribution is -1.69. The molecule has 0 aromatic carbocycles. The highest BCUT2D eigenvalue weighted by molar-refractivity contribution is 6.67. The Bertz CT molecular complexity index is 103. The van der Waals surface area contributed by atoms with Crippen molar-refractivity contribution in [1.29, 1.82) is 0 Å². The largest absolute Gasteiger partial charge is 0.384 e. The molecule has 3 nitrogen and oxygen atoms in total. The van der Waals surface area contributed by atoms with Crippen LogP contribution in [0.2, 0.25) is 0 Å². The van der Waals surface area contributed by atoms with E-state index in [4.69, 9.17) is 23.4 Å². The first-order chi connectivity index (χ1) is 2.81. The van der Waals surface area contributed by atoms with Gasteiger partial charge in [0.1, 0.15) is 0 Å². The van der Waals surface area contributed by atoms with Gasteiger partial charge in [-0.15, -0.1) is 0 Å². The number of halogens is 1. The normalized spacial score (nSPS) is 10.3. The lowest BCUT2D eigenvalue weighted by Gasteiger charge is -1.66. The Kier molecular flexibility index (Phi) is 2.17. The Labute approximate surface area is 39.7 Å². The van der Waals surface area contributed by atoms with E-state index in [1.54, 1.807) is 0 Å². The zero-order valence-corrected chi connectivity index (χ0v) is 3.48. The Morgan fingerprint density at radius 1 is 2.00 bits per heavy atom. The summed E-state index contributed by atoms with van der Waals surface area (Å²) in [4.78, 5) is 2.52. The van der Waals surface area contributed by atoms with E-state index < -0.39 is 5.29 Å². The molecule has 0 heterocycles. The molecule has 0 saturated heterocycles. The maximum absolute atomic E-state index is 7.58. The van der Waals surface area contributed by atoms with E-state index in [1.165, 1.54) is 0 Å². The number of rotatable bonds is 0. The Morgan fingerprint density at radius 2 is 2.50 bits per heavy atom. The van der Waals surface area contributed by atoms with Crippen LogP contribution < -0.4 is 0 Å². The molecule has 0 aliphatic carbocycles. The minimum atomic E-state index is -0.463. The van der Waals surface area contributed by atoms with E-state index in [-0.39, 0.29) is 0 Å². The molecule has 0 rings (SSSR count). The molecule has 6 heavy (non-hydrogen) atoms. The summed E-state index contributed by atoms with van der Waals surface area (Å²) in [6.45, 7) is 6.01. The average molecular weight is 104 g/mol. The third-order valence-corrected chi connectivity index (χ3v) is 0.335. The van der Waals surface area contributed by atoms with Crippen LogP contribution in [0.3, 0.4) is 0 Å². The molecule has 0 aliphatic heterocycles. The Balaban J connectivity index is 3.61. The van der Waals surface area contributed by atoms with Gasteiger partial charge in [-0.25, -0.2) is 0 Å². The molecule has 0 atom stereocenters. The van der Waals surface area contributed by atoms with Crippen molar-refractivity contribution >= 4 is 16.9 Å². The maximum atomic E-state index is 7.58. The molecule has 4 heteroatoms. The van der Waals surface area contributed by atoms with Crippen LogP contribution in [0.25, 0.3) is 4.85 Å². The van der Waals surface area contributed by atoms with Gasteiger partial charge in [-0.2, -0.15) is 0 Å². The number of amidine groups is 1. The van der Waals surface area contributed by atoms with Gasteiger partial charge in [0.2, 0.25) is 0 Å². The molecule has 0 fully saturated rings. The third kappa shape index (κ3) is 1.56. The molecule has 0 unspecified atom stereocenters. The summed E-state index contributed by atoms with van der Waals surface area (Å²) in [5.74, 6) is 0. The number of hydrogen-bond donors (Lipinski definition) is 1. The van der Waals surface area contributed by atoms with E-state index in [1.807, 2.05) is 0 Å². The van der Waals surface area contributed by atoms with E-state index in [9.17, 15) is 0 Å². The van der Waals surface area contributed by atoms with Crippen molar-refractivity contribution in [2.75, 3.05) is 0 Å². The van der Waals surface area contributed by atoms with Gasteiger partial charge in [0.25, 0.3) is 0 Å². The molecule has 0 amide bonds. The van der Waals surface area contributed by atoms with Crippen LogP contribution in [0.1, 0.15) is 0 Å². The van der Waals surface area contributed by atoms with Crippen LogP contribution in [0.15, 0.2) is 5.16 Å². The van der Waals surface area contributed by atoms with Gasteiger partial charge in [0, 0.05) is 0 Å². The van der Waals surface area contributed by atoms with Crippen LogP contribution >= 0.6 is 11.6 Å². The zero-order valence-electron chi connectivity index (χ0n) is 2.72. The maximum Gasteiger partial charge on any atom is 0.384 e. The SMILES string of the molecule is [C-]#[N+]C(Cl)=NO. The van der Waals surface area contributed by atoms with Crippen molar-refractivity contribution in [2.24, 2.45) is 5.16 Å². The number of nitrogens with zero attached hydrogens (tertiary/aromatic N) is 2. The van der Waals surface area contributed by atoms with Gasteiger partial charge in [-0.3, -0.25) is 0 Å². The highest BCUT2D eigenvalue weighted by Gasteiger charge is 1.81. The molecule has 0 spiro atoms. The van der Waals surface area contributed by atoms with Gasteiger partial charge in [-0.1, -0.05) is 18.2 Å². The van der Waals surface area contributed by atoms with Crippen LogP contribution in [-0.4, -0.2) is 10.5 Å². The standard InChI is InChI=1S/C2HClN2O/c1-4-2(3)5-6/h6H. The summed E-state index contributed by atoms with van der Waals surface area (Å²) < 4.78 is 0. The lowest BCUT2D eigenvalue weighted by molar-refractivity contribution is 0.321. The highest BCUT2D eigenvalue weighted by Crippen LogP contribution is 1.81. The van der Waals surface area contributed by atoms with E-state index >= 15 is 0 Å². The fourth-order valence-corrected chi connectivity index (χ4v) is 0.0224. The molecule has 0 aromatic rings. The first kappa shape index (κ1) is 5.25. The average Bonchev–Trinajstić information content (AvgIpc) is 1.65. The minimum Gasteiger partial charge on any atom is -0.347 e. The van der Waals surface area contributed by atoms with Crippen molar-refractivity contribution in [3.05, 3.63) is 11.4 Å². The first-order valence-electron chi connectivity index (χ1n) is 1.06. The van der Waals surface area contributed by atoms with Crippen molar-refractivity contribution < 1.29 is 5.21 Å². The van der Waals surface area contributed by atoms with Crippen molar-refractivity contribution in [1.82, 2.24) is 0 Å². The van der Waals surface area contributed by atoms with Crippen LogP contribution in [0.4, 0.5) is 0 Å². The fourth-order valence-electron chi connectivity index (χ4n) is 0.0224.